The first-order valence-corrected chi connectivity index (χ1v) is 13.0. The summed E-state index contributed by atoms with van der Waals surface area (Å²) < 4.78 is 50.5. The Kier molecular flexibility index (Phi) is 8.93. The first kappa shape index (κ1) is 27.4. The summed E-state index contributed by atoms with van der Waals surface area (Å²) in [4.78, 5) is 12.9. The maximum Gasteiger partial charge on any atom is 0.265 e. The Bertz CT molecular complexity index is 1370. The molecule has 0 aliphatic heterocycles. The van der Waals surface area contributed by atoms with E-state index in [0.717, 1.165) is 4.31 Å². The van der Waals surface area contributed by atoms with E-state index in [1.165, 1.54) is 52.7 Å². The molecule has 12 heteroatoms. The van der Waals surface area contributed by atoms with Gasteiger partial charge in [0.25, 0.3) is 10.0 Å². The number of benzene rings is 3. The number of hydrogen-bond acceptors (Lipinski definition) is 7. The van der Waals surface area contributed by atoms with E-state index in [4.69, 9.17) is 30.5 Å². The van der Waals surface area contributed by atoms with E-state index >= 15 is 0 Å². The molecule has 0 spiro atoms. The number of methoxy groups -OCH3 is 4. The van der Waals surface area contributed by atoms with Gasteiger partial charge in [-0.2, -0.15) is 0 Å². The second-order valence-corrected chi connectivity index (χ2v) is 10.4. The fraction of sp³-hybridized carbons (Fsp3) is 0.208. The zero-order valence-corrected chi connectivity index (χ0v) is 23.0. The molecule has 3 rings (SSSR count). The van der Waals surface area contributed by atoms with Gasteiger partial charge in [-0.05, 0) is 58.4 Å². The quantitative estimate of drug-likeness (QED) is 0.351. The number of carbonyl (C=O) groups excluding carboxylic acids is 1. The molecular weight excluding hydrogens is 576 g/mol. The second kappa shape index (κ2) is 11.7. The molecule has 0 fully saturated rings. The highest BCUT2D eigenvalue weighted by Crippen LogP contribution is 2.37. The summed E-state index contributed by atoms with van der Waals surface area (Å²) in [6.07, 6.45) is 0. The highest BCUT2D eigenvalue weighted by atomic mass is 79.9. The van der Waals surface area contributed by atoms with E-state index in [-0.39, 0.29) is 22.1 Å². The third-order valence-electron chi connectivity index (χ3n) is 5.09. The van der Waals surface area contributed by atoms with Crippen LogP contribution in [0.25, 0.3) is 0 Å². The highest BCUT2D eigenvalue weighted by molar-refractivity contribution is 9.10. The van der Waals surface area contributed by atoms with Crippen LogP contribution in [0.3, 0.4) is 0 Å². The zero-order valence-electron chi connectivity index (χ0n) is 19.9. The Labute approximate surface area is 223 Å². The van der Waals surface area contributed by atoms with Gasteiger partial charge in [-0.25, -0.2) is 8.42 Å². The van der Waals surface area contributed by atoms with Crippen molar-refractivity contribution < 1.29 is 32.2 Å². The molecule has 192 valence electrons. The molecule has 0 saturated heterocycles. The molecule has 0 unspecified atom stereocenters. The molecule has 0 heterocycles. The van der Waals surface area contributed by atoms with Gasteiger partial charge in [0, 0.05) is 22.3 Å². The van der Waals surface area contributed by atoms with E-state index in [9.17, 15) is 13.2 Å². The minimum atomic E-state index is -4.30. The molecule has 0 aliphatic carbocycles. The van der Waals surface area contributed by atoms with Crippen LogP contribution in [0.15, 0.2) is 64.0 Å². The Hall–Kier alpha value is -3.15. The monoisotopic (exact) mass is 598 g/mol. The van der Waals surface area contributed by atoms with Gasteiger partial charge in [0.05, 0.1) is 44.0 Å². The standard InChI is InChI=1S/C24H24BrClN2O7S/c1-32-16-6-9-21(33-2)20(12-16)28(14-24(29)27-15-5-8-18(25)19(26)11-15)36(30,31)17-7-10-22(34-3)23(13-17)35-4/h5-13H,14H2,1-4H3,(H,27,29). The van der Waals surface area contributed by atoms with Crippen LogP contribution in [0.5, 0.6) is 23.0 Å². The number of rotatable bonds is 10. The van der Waals surface area contributed by atoms with Crippen molar-refractivity contribution in [3.05, 3.63) is 64.1 Å². The Morgan fingerprint density at radius 3 is 2.17 bits per heavy atom. The topological polar surface area (TPSA) is 103 Å². The number of hydrogen-bond donors (Lipinski definition) is 1. The lowest BCUT2D eigenvalue weighted by Gasteiger charge is -2.26. The minimum Gasteiger partial charge on any atom is -0.497 e. The molecular formula is C24H24BrClN2O7S. The third-order valence-corrected chi connectivity index (χ3v) is 8.08. The van der Waals surface area contributed by atoms with Crippen LogP contribution >= 0.6 is 27.5 Å². The molecule has 0 aromatic heterocycles. The maximum absolute atomic E-state index is 13.9. The summed E-state index contributed by atoms with van der Waals surface area (Å²) in [5.41, 5.74) is 0.505. The van der Waals surface area contributed by atoms with Gasteiger partial charge in [0.1, 0.15) is 18.0 Å². The van der Waals surface area contributed by atoms with Gasteiger partial charge in [-0.15, -0.1) is 0 Å². The predicted molar refractivity (Wildman–Crippen MR) is 141 cm³/mol. The molecule has 0 bridgehead atoms. The lowest BCUT2D eigenvalue weighted by Crippen LogP contribution is -2.38. The van der Waals surface area contributed by atoms with Crippen LogP contribution in [0.4, 0.5) is 11.4 Å². The number of nitrogens with zero attached hydrogens (tertiary/aromatic N) is 1. The number of ether oxygens (including phenoxy) is 4. The van der Waals surface area contributed by atoms with Crippen molar-refractivity contribution in [2.75, 3.05) is 44.6 Å². The van der Waals surface area contributed by atoms with Crippen LogP contribution in [-0.2, 0) is 14.8 Å². The number of halogens is 2. The Balaban J connectivity index is 2.09. The van der Waals surface area contributed by atoms with Gasteiger partial charge in [-0.3, -0.25) is 9.10 Å². The molecule has 9 nitrogen and oxygen atoms in total. The molecule has 0 saturated carbocycles. The van der Waals surface area contributed by atoms with Crippen molar-refractivity contribution in [2.24, 2.45) is 0 Å². The summed E-state index contributed by atoms with van der Waals surface area (Å²) >= 11 is 9.41. The van der Waals surface area contributed by atoms with E-state index < -0.39 is 22.5 Å². The zero-order chi connectivity index (χ0) is 26.5. The average molecular weight is 600 g/mol. The highest BCUT2D eigenvalue weighted by Gasteiger charge is 2.31. The first-order chi connectivity index (χ1) is 17.1. The molecule has 1 amide bonds. The average Bonchev–Trinajstić information content (AvgIpc) is 2.88. The summed E-state index contributed by atoms with van der Waals surface area (Å²) in [5.74, 6) is 0.553. The van der Waals surface area contributed by atoms with Crippen LogP contribution in [-0.4, -0.2) is 49.3 Å². The second-order valence-electron chi connectivity index (χ2n) is 7.24. The Morgan fingerprint density at radius 1 is 0.889 bits per heavy atom. The van der Waals surface area contributed by atoms with E-state index in [0.29, 0.717) is 26.7 Å². The third kappa shape index (κ3) is 5.97. The molecule has 0 radical (unpaired) electrons. The largest absolute Gasteiger partial charge is 0.497 e. The molecule has 0 aliphatic rings. The number of anilines is 2. The predicted octanol–water partition coefficient (Wildman–Crippen LogP) is 4.97. The molecule has 3 aromatic carbocycles. The van der Waals surface area contributed by atoms with Crippen molar-refractivity contribution in [1.82, 2.24) is 0 Å². The summed E-state index contributed by atoms with van der Waals surface area (Å²) in [6, 6.07) is 13.6. The van der Waals surface area contributed by atoms with Gasteiger partial charge in [0.2, 0.25) is 5.91 Å². The van der Waals surface area contributed by atoms with E-state index in [2.05, 4.69) is 21.2 Å². The van der Waals surface area contributed by atoms with Crippen molar-refractivity contribution in [2.45, 2.75) is 4.90 Å². The van der Waals surface area contributed by atoms with Gasteiger partial charge >= 0.3 is 0 Å². The Morgan fingerprint density at radius 2 is 1.56 bits per heavy atom. The fourth-order valence-electron chi connectivity index (χ4n) is 3.30. The van der Waals surface area contributed by atoms with Crippen LogP contribution in [0.2, 0.25) is 5.02 Å². The van der Waals surface area contributed by atoms with Gasteiger partial charge in [-0.1, -0.05) is 11.6 Å². The summed E-state index contributed by atoms with van der Waals surface area (Å²) in [6.45, 7) is -0.576. The summed E-state index contributed by atoms with van der Waals surface area (Å²) in [5, 5.41) is 3.06. The van der Waals surface area contributed by atoms with Crippen LogP contribution in [0, 0.1) is 0 Å². The van der Waals surface area contributed by atoms with E-state index in [1.54, 1.807) is 30.3 Å². The van der Waals surface area contributed by atoms with Crippen molar-refractivity contribution in [1.29, 1.82) is 0 Å². The van der Waals surface area contributed by atoms with Gasteiger partial charge < -0.3 is 24.3 Å². The van der Waals surface area contributed by atoms with Crippen molar-refractivity contribution in [3.63, 3.8) is 0 Å². The number of sulfonamides is 1. The van der Waals surface area contributed by atoms with E-state index in [1.807, 2.05) is 0 Å². The van der Waals surface area contributed by atoms with Crippen molar-refractivity contribution >= 4 is 54.8 Å². The molecule has 0 atom stereocenters. The van der Waals surface area contributed by atoms with Crippen LogP contribution < -0.4 is 28.6 Å². The SMILES string of the molecule is COc1ccc(OC)c(N(CC(=O)Nc2ccc(Br)c(Cl)c2)S(=O)(=O)c2ccc(OC)c(OC)c2)c1. The smallest absolute Gasteiger partial charge is 0.265 e. The van der Waals surface area contributed by atoms with Crippen molar-refractivity contribution in [3.8, 4) is 23.0 Å². The lowest BCUT2D eigenvalue weighted by molar-refractivity contribution is -0.114. The summed E-state index contributed by atoms with van der Waals surface area (Å²) in [7, 11) is 1.38. The lowest BCUT2D eigenvalue weighted by atomic mass is 10.2. The minimum absolute atomic E-state index is 0.107. The molecule has 36 heavy (non-hydrogen) atoms. The normalized spacial score (nSPS) is 10.9. The number of carbonyl (C=O) groups is 1. The number of amides is 1. The molecule has 1 N–H and O–H groups in total. The van der Waals surface area contributed by atoms with Crippen LogP contribution in [0.1, 0.15) is 0 Å². The first-order valence-electron chi connectivity index (χ1n) is 10.4. The van der Waals surface area contributed by atoms with Gasteiger partial charge in [0.15, 0.2) is 11.5 Å². The maximum atomic E-state index is 13.9. The molecule has 3 aromatic rings. The fourth-order valence-corrected chi connectivity index (χ4v) is 5.17. The number of nitrogens with one attached hydrogen (secondary N) is 1.